The fraction of sp³-hybridized carbons (Fsp3) is 0.154. The Kier molecular flexibility index (Phi) is 3.96. The number of aliphatic hydroxyl groups is 1. The molecule has 0 aliphatic carbocycles. The second-order valence-corrected chi connectivity index (χ2v) is 3.94. The topological polar surface area (TPSA) is 42.4 Å². The quantitative estimate of drug-likeness (QED) is 0.906. The van der Waals surface area contributed by atoms with Crippen LogP contribution in [0.15, 0.2) is 48.8 Å². The zero-order valence-corrected chi connectivity index (χ0v) is 9.84. The van der Waals surface area contributed by atoms with E-state index < -0.39 is 6.10 Å². The van der Waals surface area contributed by atoms with Crippen molar-refractivity contribution in [2.75, 3.05) is 6.61 Å². The van der Waals surface area contributed by atoms with Crippen molar-refractivity contribution in [3.05, 3.63) is 59.4 Å². The van der Waals surface area contributed by atoms with E-state index >= 15 is 0 Å². The summed E-state index contributed by atoms with van der Waals surface area (Å²) in [6, 6.07) is 10.7. The Labute approximate surface area is 105 Å². The summed E-state index contributed by atoms with van der Waals surface area (Å²) in [5, 5.41) is 10.4. The van der Waals surface area contributed by atoms with Crippen LogP contribution in [0.2, 0.25) is 5.02 Å². The molecule has 2 aromatic rings. The van der Waals surface area contributed by atoms with Gasteiger partial charge in [0.2, 0.25) is 0 Å². The summed E-state index contributed by atoms with van der Waals surface area (Å²) < 4.78 is 5.45. The molecular weight excluding hydrogens is 238 g/mol. The number of pyridine rings is 1. The molecule has 0 saturated carbocycles. The van der Waals surface area contributed by atoms with Crippen LogP contribution in [0.25, 0.3) is 0 Å². The number of aromatic nitrogens is 1. The fourth-order valence-corrected chi connectivity index (χ4v) is 1.60. The number of nitrogens with zero attached hydrogens (tertiary/aromatic N) is 1. The molecule has 0 aliphatic rings. The highest BCUT2D eigenvalue weighted by Gasteiger charge is 2.09. The minimum Gasteiger partial charge on any atom is -0.489 e. The number of para-hydroxylation sites is 1. The van der Waals surface area contributed by atoms with Crippen LogP contribution in [-0.4, -0.2) is 16.7 Å². The van der Waals surface area contributed by atoms with Gasteiger partial charge in [-0.3, -0.25) is 4.98 Å². The molecule has 0 amide bonds. The van der Waals surface area contributed by atoms with E-state index in [4.69, 9.17) is 16.3 Å². The Balaban J connectivity index is 1.97. The summed E-state index contributed by atoms with van der Waals surface area (Å²) in [6.45, 7) is 0.160. The van der Waals surface area contributed by atoms with Crippen molar-refractivity contribution in [1.29, 1.82) is 0 Å². The Bertz CT molecular complexity index is 476. The number of aliphatic hydroxyl groups excluding tert-OH is 1. The molecule has 3 nitrogen and oxygen atoms in total. The van der Waals surface area contributed by atoms with E-state index in [1.165, 1.54) is 0 Å². The van der Waals surface area contributed by atoms with Gasteiger partial charge in [0.1, 0.15) is 18.5 Å². The molecule has 1 N–H and O–H groups in total. The zero-order valence-electron chi connectivity index (χ0n) is 9.08. The van der Waals surface area contributed by atoms with Gasteiger partial charge in [0.15, 0.2) is 0 Å². The standard InChI is InChI=1S/C13H12ClNO2/c14-11-3-1-2-4-13(11)17-9-12(16)10-5-7-15-8-6-10/h1-8,12,16H,9H2. The van der Waals surface area contributed by atoms with Gasteiger partial charge in [0, 0.05) is 12.4 Å². The minimum atomic E-state index is -0.686. The van der Waals surface area contributed by atoms with Crippen molar-refractivity contribution >= 4 is 11.6 Å². The summed E-state index contributed by atoms with van der Waals surface area (Å²) in [7, 11) is 0. The first kappa shape index (κ1) is 11.9. The van der Waals surface area contributed by atoms with Crippen molar-refractivity contribution in [1.82, 2.24) is 4.98 Å². The Morgan fingerprint density at radius 3 is 2.59 bits per heavy atom. The number of hydrogen-bond donors (Lipinski definition) is 1. The molecule has 0 radical (unpaired) electrons. The van der Waals surface area contributed by atoms with Gasteiger partial charge in [-0.15, -0.1) is 0 Å². The van der Waals surface area contributed by atoms with Crippen LogP contribution in [0.3, 0.4) is 0 Å². The van der Waals surface area contributed by atoms with Crippen molar-refractivity contribution in [2.45, 2.75) is 6.10 Å². The van der Waals surface area contributed by atoms with E-state index in [9.17, 15) is 5.11 Å². The third-order valence-corrected chi connectivity index (χ3v) is 2.64. The first-order valence-corrected chi connectivity index (χ1v) is 5.60. The van der Waals surface area contributed by atoms with Crippen LogP contribution in [0.1, 0.15) is 11.7 Å². The summed E-state index contributed by atoms with van der Waals surface area (Å²) in [4.78, 5) is 3.89. The lowest BCUT2D eigenvalue weighted by Gasteiger charge is -2.13. The molecule has 0 saturated heterocycles. The third kappa shape index (κ3) is 3.19. The number of ether oxygens (including phenoxy) is 1. The number of halogens is 1. The lowest BCUT2D eigenvalue weighted by atomic mass is 10.2. The number of hydrogen-bond acceptors (Lipinski definition) is 3. The van der Waals surface area contributed by atoms with Crippen LogP contribution < -0.4 is 4.74 Å². The van der Waals surface area contributed by atoms with Gasteiger partial charge in [0.25, 0.3) is 0 Å². The number of benzene rings is 1. The number of rotatable bonds is 4. The molecule has 1 aromatic heterocycles. The zero-order chi connectivity index (χ0) is 12.1. The van der Waals surface area contributed by atoms with Gasteiger partial charge in [0.05, 0.1) is 5.02 Å². The Hall–Kier alpha value is -1.58. The van der Waals surface area contributed by atoms with E-state index in [0.29, 0.717) is 10.8 Å². The molecule has 1 aromatic carbocycles. The molecular formula is C13H12ClNO2. The smallest absolute Gasteiger partial charge is 0.138 e. The van der Waals surface area contributed by atoms with Crippen molar-refractivity contribution < 1.29 is 9.84 Å². The highest BCUT2D eigenvalue weighted by Crippen LogP contribution is 2.24. The molecule has 0 aliphatic heterocycles. The van der Waals surface area contributed by atoms with Gasteiger partial charge in [-0.2, -0.15) is 0 Å². The molecule has 1 atom stereocenters. The van der Waals surface area contributed by atoms with Gasteiger partial charge >= 0.3 is 0 Å². The first-order chi connectivity index (χ1) is 8.27. The Morgan fingerprint density at radius 2 is 1.88 bits per heavy atom. The van der Waals surface area contributed by atoms with E-state index in [1.807, 2.05) is 12.1 Å². The molecule has 2 rings (SSSR count). The largest absolute Gasteiger partial charge is 0.489 e. The molecule has 1 heterocycles. The van der Waals surface area contributed by atoms with Crippen LogP contribution in [-0.2, 0) is 0 Å². The normalized spacial score (nSPS) is 12.1. The van der Waals surface area contributed by atoms with Gasteiger partial charge in [-0.25, -0.2) is 0 Å². The van der Waals surface area contributed by atoms with Crippen LogP contribution in [0.5, 0.6) is 5.75 Å². The molecule has 0 bridgehead atoms. The minimum absolute atomic E-state index is 0.160. The maximum Gasteiger partial charge on any atom is 0.138 e. The van der Waals surface area contributed by atoms with Gasteiger partial charge in [-0.05, 0) is 29.8 Å². The summed E-state index contributed by atoms with van der Waals surface area (Å²) in [6.07, 6.45) is 2.58. The fourth-order valence-electron chi connectivity index (χ4n) is 1.41. The van der Waals surface area contributed by atoms with Crippen molar-refractivity contribution in [3.63, 3.8) is 0 Å². The molecule has 1 unspecified atom stereocenters. The second kappa shape index (κ2) is 5.66. The lowest BCUT2D eigenvalue weighted by Crippen LogP contribution is -2.09. The van der Waals surface area contributed by atoms with Crippen molar-refractivity contribution in [3.8, 4) is 5.75 Å². The highest BCUT2D eigenvalue weighted by atomic mass is 35.5. The van der Waals surface area contributed by atoms with E-state index in [0.717, 1.165) is 5.56 Å². The van der Waals surface area contributed by atoms with Crippen LogP contribution in [0, 0.1) is 0 Å². The first-order valence-electron chi connectivity index (χ1n) is 5.22. The molecule has 88 valence electrons. The molecule has 17 heavy (non-hydrogen) atoms. The predicted octanol–water partition coefficient (Wildman–Crippen LogP) is 2.85. The van der Waals surface area contributed by atoms with E-state index in [-0.39, 0.29) is 6.61 Å². The Morgan fingerprint density at radius 1 is 1.18 bits per heavy atom. The maximum absolute atomic E-state index is 9.88. The molecule has 4 heteroatoms. The average molecular weight is 250 g/mol. The molecule has 0 spiro atoms. The summed E-state index contributed by atoms with van der Waals surface area (Å²) in [5.41, 5.74) is 0.770. The summed E-state index contributed by atoms with van der Waals surface area (Å²) >= 11 is 5.94. The maximum atomic E-state index is 9.88. The molecule has 0 fully saturated rings. The monoisotopic (exact) mass is 249 g/mol. The van der Waals surface area contributed by atoms with Crippen LogP contribution in [0.4, 0.5) is 0 Å². The predicted molar refractivity (Wildman–Crippen MR) is 66.1 cm³/mol. The summed E-state index contributed by atoms with van der Waals surface area (Å²) in [5.74, 6) is 0.572. The van der Waals surface area contributed by atoms with Crippen LogP contribution >= 0.6 is 11.6 Å². The van der Waals surface area contributed by atoms with E-state index in [2.05, 4.69) is 4.98 Å². The van der Waals surface area contributed by atoms with Gasteiger partial charge in [-0.1, -0.05) is 23.7 Å². The highest BCUT2D eigenvalue weighted by molar-refractivity contribution is 6.32. The third-order valence-electron chi connectivity index (χ3n) is 2.32. The van der Waals surface area contributed by atoms with E-state index in [1.54, 1.807) is 36.7 Å². The second-order valence-electron chi connectivity index (χ2n) is 3.54. The van der Waals surface area contributed by atoms with Crippen molar-refractivity contribution in [2.24, 2.45) is 0 Å². The SMILES string of the molecule is OC(COc1ccccc1Cl)c1ccncc1. The average Bonchev–Trinajstić information content (AvgIpc) is 2.38. The lowest BCUT2D eigenvalue weighted by molar-refractivity contribution is 0.108. The van der Waals surface area contributed by atoms with Gasteiger partial charge < -0.3 is 9.84 Å².